The van der Waals surface area contributed by atoms with Crippen molar-refractivity contribution in [3.05, 3.63) is 24.3 Å². The number of benzene rings is 1. The van der Waals surface area contributed by atoms with Crippen LogP contribution >= 0.6 is 0 Å². The minimum Gasteiger partial charge on any atom is -0.491 e. The summed E-state index contributed by atoms with van der Waals surface area (Å²) in [5, 5.41) is 5.68. The van der Waals surface area contributed by atoms with Crippen molar-refractivity contribution >= 4 is 17.5 Å². The van der Waals surface area contributed by atoms with E-state index in [-0.39, 0.29) is 24.4 Å². The predicted octanol–water partition coefficient (Wildman–Crippen LogP) is -0.110. The van der Waals surface area contributed by atoms with Crippen LogP contribution in [-0.2, 0) is 9.59 Å². The summed E-state index contributed by atoms with van der Waals surface area (Å²) in [6, 6.07) is 7.17. The van der Waals surface area contributed by atoms with E-state index in [4.69, 9.17) is 4.74 Å². The Morgan fingerprint density at radius 2 is 2.20 bits per heavy atom. The van der Waals surface area contributed by atoms with Gasteiger partial charge in [0.05, 0.1) is 18.8 Å². The molecule has 0 aromatic heterocycles. The smallest absolute Gasteiger partial charge is 0.246 e. The van der Waals surface area contributed by atoms with Crippen LogP contribution in [0.3, 0.4) is 0 Å². The van der Waals surface area contributed by atoms with E-state index in [1.165, 1.54) is 0 Å². The van der Waals surface area contributed by atoms with Gasteiger partial charge < -0.3 is 15.0 Å². The number of carbonyl (C=O) groups is 2. The first-order chi connectivity index (χ1) is 9.75. The highest BCUT2D eigenvalue weighted by atomic mass is 16.5. The first kappa shape index (κ1) is 12.9. The van der Waals surface area contributed by atoms with Gasteiger partial charge in [0.1, 0.15) is 11.8 Å². The molecular formula is C14H17N3O3. The highest BCUT2D eigenvalue weighted by Gasteiger charge is 2.30. The summed E-state index contributed by atoms with van der Waals surface area (Å²) in [6.07, 6.45) is 0.791. The second-order valence-electron chi connectivity index (χ2n) is 4.90. The molecule has 0 saturated carbocycles. The molecule has 1 atom stereocenters. The van der Waals surface area contributed by atoms with Gasteiger partial charge >= 0.3 is 0 Å². The fourth-order valence-corrected chi connectivity index (χ4v) is 2.49. The molecule has 2 aliphatic rings. The molecule has 2 aliphatic heterocycles. The van der Waals surface area contributed by atoms with Crippen LogP contribution in [0, 0.1) is 0 Å². The quantitative estimate of drug-likeness (QED) is 0.750. The Morgan fingerprint density at radius 3 is 3.00 bits per heavy atom. The van der Waals surface area contributed by atoms with Crippen LogP contribution in [0.4, 0.5) is 5.69 Å². The fraction of sp³-hybridized carbons (Fsp3) is 0.429. The maximum Gasteiger partial charge on any atom is 0.246 e. The number of ether oxygens (including phenoxy) is 1. The second-order valence-corrected chi connectivity index (χ2v) is 4.90. The molecule has 1 aromatic carbocycles. The van der Waals surface area contributed by atoms with Gasteiger partial charge in [0.2, 0.25) is 11.8 Å². The summed E-state index contributed by atoms with van der Waals surface area (Å²) in [5.74, 6) is 0.634. The summed E-state index contributed by atoms with van der Waals surface area (Å²) in [5.41, 5.74) is 0.800. The van der Waals surface area contributed by atoms with Crippen molar-refractivity contribution in [1.29, 1.82) is 0 Å². The minimum absolute atomic E-state index is 0.0250. The molecule has 2 heterocycles. The second kappa shape index (κ2) is 5.50. The molecule has 2 N–H and O–H groups in total. The van der Waals surface area contributed by atoms with Gasteiger partial charge in [-0.25, -0.2) is 0 Å². The molecule has 1 fully saturated rings. The van der Waals surface area contributed by atoms with Gasteiger partial charge in [-0.05, 0) is 18.6 Å². The zero-order chi connectivity index (χ0) is 13.9. The normalized spacial score (nSPS) is 22.3. The first-order valence-electron chi connectivity index (χ1n) is 6.79. The summed E-state index contributed by atoms with van der Waals surface area (Å²) in [4.78, 5) is 25.5. The highest BCUT2D eigenvalue weighted by Crippen LogP contribution is 2.30. The van der Waals surface area contributed by atoms with Gasteiger partial charge in [0.15, 0.2) is 0 Å². The molecule has 106 valence electrons. The lowest BCUT2D eigenvalue weighted by atomic mass is 10.1. The number of hydrogen-bond acceptors (Lipinski definition) is 4. The van der Waals surface area contributed by atoms with E-state index >= 15 is 0 Å². The lowest BCUT2D eigenvalue weighted by Gasteiger charge is -2.29. The monoisotopic (exact) mass is 275 g/mol. The van der Waals surface area contributed by atoms with Crippen LogP contribution in [0.1, 0.15) is 6.42 Å². The molecule has 0 aliphatic carbocycles. The standard InChI is InChI=1S/C14H17N3O3/c18-13-9-15-10(8-16-13)14(19)17-6-3-7-20-12-5-2-1-4-11(12)17/h1-2,4-5,10,15H,3,6-9H2,(H,16,18). The van der Waals surface area contributed by atoms with Crippen LogP contribution in [0.25, 0.3) is 0 Å². The third-order valence-electron chi connectivity index (χ3n) is 3.52. The van der Waals surface area contributed by atoms with Gasteiger partial charge in [0, 0.05) is 13.1 Å². The molecule has 0 spiro atoms. The third kappa shape index (κ3) is 2.46. The van der Waals surface area contributed by atoms with Gasteiger partial charge in [0.25, 0.3) is 0 Å². The SMILES string of the molecule is O=C1CNC(C(=O)N2CCCOc3ccccc32)CN1. The molecule has 1 aromatic rings. The summed E-state index contributed by atoms with van der Waals surface area (Å²) >= 11 is 0. The summed E-state index contributed by atoms with van der Waals surface area (Å²) < 4.78 is 5.65. The van der Waals surface area contributed by atoms with Crippen molar-refractivity contribution in [3.8, 4) is 5.75 Å². The van der Waals surface area contributed by atoms with Gasteiger partial charge in [-0.2, -0.15) is 0 Å². The van der Waals surface area contributed by atoms with Crippen LogP contribution in [0.5, 0.6) is 5.75 Å². The van der Waals surface area contributed by atoms with Crippen molar-refractivity contribution < 1.29 is 14.3 Å². The van der Waals surface area contributed by atoms with Gasteiger partial charge in [-0.1, -0.05) is 12.1 Å². The Hall–Kier alpha value is -2.08. The summed E-state index contributed by atoms with van der Waals surface area (Å²) in [6.45, 7) is 1.75. The Kier molecular flexibility index (Phi) is 3.56. The lowest BCUT2D eigenvalue weighted by molar-refractivity contribution is -0.125. The zero-order valence-electron chi connectivity index (χ0n) is 11.1. The van der Waals surface area contributed by atoms with Crippen LogP contribution in [-0.4, -0.2) is 44.1 Å². The number of piperazine rings is 1. The molecule has 0 bridgehead atoms. The van der Waals surface area contributed by atoms with E-state index in [1.807, 2.05) is 24.3 Å². The van der Waals surface area contributed by atoms with E-state index in [9.17, 15) is 9.59 Å². The lowest BCUT2D eigenvalue weighted by Crippen LogP contribution is -2.58. The van der Waals surface area contributed by atoms with Gasteiger partial charge in [-0.3, -0.25) is 14.9 Å². The van der Waals surface area contributed by atoms with Crippen molar-refractivity contribution in [2.45, 2.75) is 12.5 Å². The van der Waals surface area contributed by atoms with Crippen molar-refractivity contribution in [3.63, 3.8) is 0 Å². The molecule has 1 saturated heterocycles. The Balaban J connectivity index is 1.82. The minimum atomic E-state index is -0.376. The highest BCUT2D eigenvalue weighted by molar-refractivity contribution is 5.99. The van der Waals surface area contributed by atoms with E-state index in [0.717, 1.165) is 17.9 Å². The van der Waals surface area contributed by atoms with E-state index in [1.54, 1.807) is 4.90 Å². The average Bonchev–Trinajstić information content (AvgIpc) is 2.69. The van der Waals surface area contributed by atoms with E-state index in [0.29, 0.717) is 19.7 Å². The average molecular weight is 275 g/mol. The van der Waals surface area contributed by atoms with E-state index < -0.39 is 0 Å². The van der Waals surface area contributed by atoms with E-state index in [2.05, 4.69) is 10.6 Å². The number of rotatable bonds is 1. The number of nitrogens with zero attached hydrogens (tertiary/aromatic N) is 1. The van der Waals surface area contributed by atoms with Crippen LogP contribution in [0.15, 0.2) is 24.3 Å². The first-order valence-corrected chi connectivity index (χ1v) is 6.79. The molecule has 20 heavy (non-hydrogen) atoms. The fourth-order valence-electron chi connectivity index (χ4n) is 2.49. The molecule has 6 nitrogen and oxygen atoms in total. The number of hydrogen-bond donors (Lipinski definition) is 2. The zero-order valence-corrected chi connectivity index (χ0v) is 11.1. The van der Waals surface area contributed by atoms with Gasteiger partial charge in [-0.15, -0.1) is 0 Å². The Bertz CT molecular complexity index is 522. The van der Waals surface area contributed by atoms with Crippen molar-refractivity contribution in [1.82, 2.24) is 10.6 Å². The van der Waals surface area contributed by atoms with Crippen molar-refractivity contribution in [2.24, 2.45) is 0 Å². The Labute approximate surface area is 117 Å². The topological polar surface area (TPSA) is 70.7 Å². The largest absolute Gasteiger partial charge is 0.491 e. The van der Waals surface area contributed by atoms with Crippen LogP contribution in [0.2, 0.25) is 0 Å². The number of nitrogens with one attached hydrogen (secondary N) is 2. The third-order valence-corrected chi connectivity index (χ3v) is 3.52. The molecule has 0 radical (unpaired) electrons. The molecule has 2 amide bonds. The Morgan fingerprint density at radius 1 is 1.35 bits per heavy atom. The molecule has 1 unspecified atom stereocenters. The maximum atomic E-state index is 12.6. The molecule has 6 heteroatoms. The maximum absolute atomic E-state index is 12.6. The molecular weight excluding hydrogens is 258 g/mol. The molecule has 3 rings (SSSR count). The predicted molar refractivity (Wildman–Crippen MR) is 73.7 cm³/mol. The number of carbonyl (C=O) groups excluding carboxylic acids is 2. The number of para-hydroxylation sites is 2. The van der Waals surface area contributed by atoms with Crippen LogP contribution < -0.4 is 20.3 Å². The van der Waals surface area contributed by atoms with Crippen molar-refractivity contribution in [2.75, 3.05) is 31.1 Å². The number of anilines is 1. The number of amides is 2. The summed E-state index contributed by atoms with van der Waals surface area (Å²) in [7, 11) is 0. The number of fused-ring (bicyclic) bond motifs is 1.